The highest BCUT2D eigenvalue weighted by atomic mass is 35.5. The van der Waals surface area contributed by atoms with Gasteiger partial charge in [0, 0.05) is 13.5 Å². The highest BCUT2D eigenvalue weighted by Crippen LogP contribution is 2.26. The first kappa shape index (κ1) is 14.8. The Hall–Kier alpha value is -1.26. The van der Waals surface area contributed by atoms with E-state index >= 15 is 0 Å². The molecule has 0 radical (unpaired) electrons. The summed E-state index contributed by atoms with van der Waals surface area (Å²) in [5.74, 6) is -0.0655. The molecule has 2 N–H and O–H groups in total. The predicted molar refractivity (Wildman–Crippen MR) is 75.3 cm³/mol. The van der Waals surface area contributed by atoms with Gasteiger partial charge in [-0.2, -0.15) is 0 Å². The van der Waals surface area contributed by atoms with E-state index in [1.54, 1.807) is 0 Å². The van der Waals surface area contributed by atoms with Crippen molar-refractivity contribution in [2.45, 2.75) is 32.9 Å². The van der Waals surface area contributed by atoms with Gasteiger partial charge in [0.05, 0.1) is 11.4 Å². The minimum atomic E-state index is -0.0655. The summed E-state index contributed by atoms with van der Waals surface area (Å²) < 4.78 is 5.53. The fourth-order valence-electron chi connectivity index (χ4n) is 1.94. The number of amides is 1. The van der Waals surface area contributed by atoms with Crippen LogP contribution in [0.25, 0.3) is 0 Å². The molecule has 1 aliphatic rings. The van der Waals surface area contributed by atoms with Crippen molar-refractivity contribution in [3.8, 4) is 0 Å². The molecule has 1 unspecified atom stereocenters. The third-order valence-corrected chi connectivity index (χ3v) is 2.73. The summed E-state index contributed by atoms with van der Waals surface area (Å²) in [6, 6.07) is 5.91. The molecule has 4 nitrogen and oxygen atoms in total. The molecule has 1 aromatic rings. The number of carbonyl (C=O) groups is 1. The van der Waals surface area contributed by atoms with Crippen molar-refractivity contribution >= 4 is 29.7 Å². The summed E-state index contributed by atoms with van der Waals surface area (Å²) in [5.41, 5.74) is 2.88. The predicted octanol–water partition coefficient (Wildman–Crippen LogP) is 2.92. The number of anilines is 2. The Labute approximate surface area is 114 Å². The first-order valence-corrected chi connectivity index (χ1v) is 5.91. The van der Waals surface area contributed by atoms with Crippen LogP contribution in [0.1, 0.15) is 25.3 Å². The van der Waals surface area contributed by atoms with Crippen molar-refractivity contribution in [3.05, 3.63) is 23.8 Å². The van der Waals surface area contributed by atoms with Crippen LogP contribution in [0, 0.1) is 6.92 Å². The molecular formula is C13H19ClN2O2. The summed E-state index contributed by atoms with van der Waals surface area (Å²) in [5, 5.41) is 6.14. The molecule has 18 heavy (non-hydrogen) atoms. The Morgan fingerprint density at radius 2 is 2.17 bits per heavy atom. The number of benzene rings is 1. The minimum Gasteiger partial charge on any atom is -0.359 e. The quantitative estimate of drug-likeness (QED) is 0.888. The molecule has 1 aliphatic heterocycles. The van der Waals surface area contributed by atoms with Gasteiger partial charge < -0.3 is 15.4 Å². The molecule has 0 saturated carbocycles. The molecule has 1 fully saturated rings. The van der Waals surface area contributed by atoms with E-state index < -0.39 is 0 Å². The molecule has 5 heteroatoms. The maximum absolute atomic E-state index is 11.1. The van der Waals surface area contributed by atoms with Crippen molar-refractivity contribution in [2.75, 3.05) is 17.2 Å². The minimum absolute atomic E-state index is 0. The van der Waals surface area contributed by atoms with Crippen LogP contribution < -0.4 is 10.6 Å². The van der Waals surface area contributed by atoms with Gasteiger partial charge in [-0.25, -0.2) is 0 Å². The standard InChI is InChI=1S/C13H18N2O2.ClH/c1-9-5-6-11(14-10(2)16)12(8-9)15-13-4-3-7-17-13;/h5-6,8,13,15H,3-4,7H2,1-2H3,(H,14,16);1H. The zero-order valence-corrected chi connectivity index (χ0v) is 11.5. The summed E-state index contributed by atoms with van der Waals surface area (Å²) in [6.45, 7) is 4.34. The molecule has 0 bridgehead atoms. The Bertz CT molecular complexity index is 417. The van der Waals surface area contributed by atoms with Gasteiger partial charge in [-0.05, 0) is 37.5 Å². The van der Waals surface area contributed by atoms with E-state index in [4.69, 9.17) is 4.74 Å². The fraction of sp³-hybridized carbons (Fsp3) is 0.462. The van der Waals surface area contributed by atoms with E-state index in [0.29, 0.717) is 0 Å². The number of hydrogen-bond acceptors (Lipinski definition) is 3. The van der Waals surface area contributed by atoms with Gasteiger partial charge in [0.25, 0.3) is 0 Å². The number of nitrogens with one attached hydrogen (secondary N) is 2. The third kappa shape index (κ3) is 3.89. The molecule has 1 saturated heterocycles. The fourth-order valence-corrected chi connectivity index (χ4v) is 1.94. The molecule has 1 amide bonds. The zero-order chi connectivity index (χ0) is 12.3. The van der Waals surface area contributed by atoms with Crippen LogP contribution in [0.2, 0.25) is 0 Å². The normalized spacial score (nSPS) is 18.0. The number of halogens is 1. The highest BCUT2D eigenvalue weighted by Gasteiger charge is 2.16. The average Bonchev–Trinajstić information content (AvgIpc) is 2.74. The van der Waals surface area contributed by atoms with E-state index in [-0.39, 0.29) is 24.5 Å². The zero-order valence-electron chi connectivity index (χ0n) is 10.7. The highest BCUT2D eigenvalue weighted by molar-refractivity contribution is 5.92. The van der Waals surface area contributed by atoms with Crippen molar-refractivity contribution in [2.24, 2.45) is 0 Å². The molecule has 0 spiro atoms. The molecule has 0 aromatic heterocycles. The van der Waals surface area contributed by atoms with E-state index in [1.807, 2.05) is 25.1 Å². The first-order chi connectivity index (χ1) is 8.15. The van der Waals surface area contributed by atoms with E-state index in [9.17, 15) is 4.79 Å². The Morgan fingerprint density at radius 1 is 1.39 bits per heavy atom. The van der Waals surface area contributed by atoms with Crippen LogP contribution >= 0.6 is 12.4 Å². The molecule has 0 aliphatic carbocycles. The lowest BCUT2D eigenvalue weighted by molar-refractivity contribution is -0.114. The SMILES string of the molecule is CC(=O)Nc1ccc(C)cc1NC1CCCO1.Cl. The monoisotopic (exact) mass is 270 g/mol. The largest absolute Gasteiger partial charge is 0.359 e. The molecule has 100 valence electrons. The topological polar surface area (TPSA) is 50.4 Å². The lowest BCUT2D eigenvalue weighted by Crippen LogP contribution is -2.19. The summed E-state index contributed by atoms with van der Waals surface area (Å²) in [4.78, 5) is 11.1. The Morgan fingerprint density at radius 3 is 2.78 bits per heavy atom. The lowest BCUT2D eigenvalue weighted by atomic mass is 10.2. The maximum Gasteiger partial charge on any atom is 0.221 e. The van der Waals surface area contributed by atoms with E-state index in [1.165, 1.54) is 6.92 Å². The van der Waals surface area contributed by atoms with Gasteiger partial charge >= 0.3 is 0 Å². The van der Waals surface area contributed by atoms with Crippen LogP contribution in [0.5, 0.6) is 0 Å². The number of aryl methyl sites for hydroxylation is 1. The average molecular weight is 271 g/mol. The molecule has 1 aromatic carbocycles. The summed E-state index contributed by atoms with van der Waals surface area (Å²) in [6.07, 6.45) is 2.15. The second kappa shape index (κ2) is 6.61. The second-order valence-electron chi connectivity index (χ2n) is 4.38. The summed E-state index contributed by atoms with van der Waals surface area (Å²) in [7, 11) is 0. The van der Waals surface area contributed by atoms with E-state index in [2.05, 4.69) is 10.6 Å². The molecule has 1 heterocycles. The number of carbonyl (C=O) groups excluding carboxylic acids is 1. The van der Waals surface area contributed by atoms with Crippen LogP contribution in [0.15, 0.2) is 18.2 Å². The van der Waals surface area contributed by atoms with Crippen LogP contribution in [-0.2, 0) is 9.53 Å². The van der Waals surface area contributed by atoms with Crippen LogP contribution in [0.3, 0.4) is 0 Å². The molecule has 1 atom stereocenters. The smallest absolute Gasteiger partial charge is 0.221 e. The number of hydrogen-bond donors (Lipinski definition) is 2. The lowest BCUT2D eigenvalue weighted by Gasteiger charge is -2.17. The van der Waals surface area contributed by atoms with Crippen molar-refractivity contribution in [1.29, 1.82) is 0 Å². The van der Waals surface area contributed by atoms with Gasteiger partial charge in [-0.1, -0.05) is 6.07 Å². The van der Waals surface area contributed by atoms with Gasteiger partial charge in [-0.15, -0.1) is 12.4 Å². The van der Waals surface area contributed by atoms with Gasteiger partial charge in [-0.3, -0.25) is 4.79 Å². The van der Waals surface area contributed by atoms with Crippen molar-refractivity contribution in [1.82, 2.24) is 0 Å². The maximum atomic E-state index is 11.1. The number of ether oxygens (including phenoxy) is 1. The van der Waals surface area contributed by atoms with Crippen molar-refractivity contribution in [3.63, 3.8) is 0 Å². The summed E-state index contributed by atoms with van der Waals surface area (Å²) >= 11 is 0. The van der Waals surface area contributed by atoms with Crippen LogP contribution in [-0.4, -0.2) is 18.7 Å². The Balaban J connectivity index is 0.00000162. The molecule has 2 rings (SSSR count). The second-order valence-corrected chi connectivity index (χ2v) is 4.38. The van der Waals surface area contributed by atoms with Crippen LogP contribution in [0.4, 0.5) is 11.4 Å². The van der Waals surface area contributed by atoms with Gasteiger partial charge in [0.15, 0.2) is 0 Å². The van der Waals surface area contributed by atoms with Gasteiger partial charge in [0.2, 0.25) is 5.91 Å². The van der Waals surface area contributed by atoms with Crippen molar-refractivity contribution < 1.29 is 9.53 Å². The first-order valence-electron chi connectivity index (χ1n) is 5.91. The third-order valence-electron chi connectivity index (χ3n) is 2.73. The molecular weight excluding hydrogens is 252 g/mol. The van der Waals surface area contributed by atoms with E-state index in [0.717, 1.165) is 36.4 Å². The Kier molecular flexibility index (Phi) is 5.44. The number of rotatable bonds is 3. The van der Waals surface area contributed by atoms with Gasteiger partial charge in [0.1, 0.15) is 6.23 Å².